The molecule has 3 rings (SSSR count). The standard InChI is InChI=1S/C31H35Cl2NO7/c1-3-39-29(30(35)36)19-23-9-11-27(12-10-23)40-16-14-34(31(37)41-28-8-5-4-7-22(28)2)13-6-15-38-21-24-17-25(32)20-26(33)18-24/h4-5,7-12,17-18,20,29H,3,6,13-16,19,21H2,1-2H3,(H,35,36). The van der Waals surface area contributed by atoms with Crippen LogP contribution >= 0.6 is 23.2 Å². The molecule has 41 heavy (non-hydrogen) atoms. The summed E-state index contributed by atoms with van der Waals surface area (Å²) in [6.07, 6.45) is -0.535. The van der Waals surface area contributed by atoms with Gasteiger partial charge in [0.15, 0.2) is 6.10 Å². The molecule has 0 aliphatic carbocycles. The minimum absolute atomic E-state index is 0.237. The van der Waals surface area contributed by atoms with Crippen molar-refractivity contribution in [2.45, 2.75) is 39.4 Å². The van der Waals surface area contributed by atoms with Crippen LogP contribution in [0.4, 0.5) is 4.79 Å². The first kappa shape index (κ1) is 32.2. The van der Waals surface area contributed by atoms with E-state index in [1.54, 1.807) is 60.4 Å². The number of para-hydroxylation sites is 1. The Balaban J connectivity index is 1.53. The quantitative estimate of drug-likeness (QED) is 0.179. The summed E-state index contributed by atoms with van der Waals surface area (Å²) in [5.74, 6) is 0.108. The molecule has 0 aromatic heterocycles. The summed E-state index contributed by atoms with van der Waals surface area (Å²) in [7, 11) is 0. The second-order valence-corrected chi connectivity index (χ2v) is 10.2. The summed E-state index contributed by atoms with van der Waals surface area (Å²) in [5.41, 5.74) is 2.55. The average molecular weight is 605 g/mol. The summed E-state index contributed by atoms with van der Waals surface area (Å²) >= 11 is 12.1. The van der Waals surface area contributed by atoms with Gasteiger partial charge in [0.05, 0.1) is 13.2 Å². The first-order valence-corrected chi connectivity index (χ1v) is 14.1. The van der Waals surface area contributed by atoms with Gasteiger partial charge < -0.3 is 29.0 Å². The monoisotopic (exact) mass is 603 g/mol. The Bertz CT molecular complexity index is 1250. The second-order valence-electron chi connectivity index (χ2n) is 9.28. The van der Waals surface area contributed by atoms with Crippen LogP contribution < -0.4 is 9.47 Å². The van der Waals surface area contributed by atoms with E-state index >= 15 is 0 Å². The lowest BCUT2D eigenvalue weighted by Gasteiger charge is -2.22. The van der Waals surface area contributed by atoms with Gasteiger partial charge in [-0.2, -0.15) is 0 Å². The van der Waals surface area contributed by atoms with Crippen LogP contribution in [-0.2, 0) is 27.3 Å². The number of hydrogen-bond donors (Lipinski definition) is 1. The molecule has 0 heterocycles. The van der Waals surface area contributed by atoms with E-state index in [1.807, 2.05) is 25.1 Å². The van der Waals surface area contributed by atoms with Crippen LogP contribution in [0.15, 0.2) is 66.7 Å². The molecule has 0 saturated carbocycles. The number of halogens is 2. The van der Waals surface area contributed by atoms with E-state index in [0.717, 1.165) is 16.7 Å². The molecule has 1 unspecified atom stereocenters. The molecule has 220 valence electrons. The third kappa shape index (κ3) is 11.2. The molecule has 3 aromatic carbocycles. The Morgan fingerprint density at radius 1 is 0.927 bits per heavy atom. The van der Waals surface area contributed by atoms with Gasteiger partial charge in [0.1, 0.15) is 18.1 Å². The maximum absolute atomic E-state index is 13.0. The van der Waals surface area contributed by atoms with E-state index in [4.69, 9.17) is 42.1 Å². The number of hydrogen-bond acceptors (Lipinski definition) is 6. The van der Waals surface area contributed by atoms with Gasteiger partial charge in [-0.3, -0.25) is 0 Å². The predicted molar refractivity (Wildman–Crippen MR) is 158 cm³/mol. The zero-order valence-corrected chi connectivity index (χ0v) is 24.7. The van der Waals surface area contributed by atoms with Crippen molar-refractivity contribution >= 4 is 35.3 Å². The van der Waals surface area contributed by atoms with Gasteiger partial charge in [-0.1, -0.05) is 53.5 Å². The largest absolute Gasteiger partial charge is 0.492 e. The first-order valence-electron chi connectivity index (χ1n) is 13.4. The Hall–Kier alpha value is -3.30. The number of carboxylic acid groups (broad SMARTS) is 1. The number of amides is 1. The molecule has 0 fully saturated rings. The highest BCUT2D eigenvalue weighted by Crippen LogP contribution is 2.20. The van der Waals surface area contributed by atoms with Gasteiger partial charge in [-0.05, 0) is 73.4 Å². The Morgan fingerprint density at radius 3 is 2.29 bits per heavy atom. The average Bonchev–Trinajstić information content (AvgIpc) is 2.93. The van der Waals surface area contributed by atoms with Crippen molar-refractivity contribution in [2.75, 3.05) is 32.9 Å². The molecule has 1 N–H and O–H groups in total. The summed E-state index contributed by atoms with van der Waals surface area (Å²) < 4.78 is 22.6. The third-order valence-corrected chi connectivity index (χ3v) is 6.51. The van der Waals surface area contributed by atoms with Crippen LogP contribution in [0.3, 0.4) is 0 Å². The van der Waals surface area contributed by atoms with Crippen LogP contribution in [-0.4, -0.2) is 61.1 Å². The van der Waals surface area contributed by atoms with E-state index in [-0.39, 0.29) is 13.0 Å². The molecule has 10 heteroatoms. The number of rotatable bonds is 16. The van der Waals surface area contributed by atoms with Crippen molar-refractivity contribution in [3.63, 3.8) is 0 Å². The smallest absolute Gasteiger partial charge is 0.415 e. The number of aryl methyl sites for hydroxylation is 1. The lowest BCUT2D eigenvalue weighted by Crippen LogP contribution is -2.38. The number of carboxylic acids is 1. The Morgan fingerprint density at radius 2 is 1.63 bits per heavy atom. The lowest BCUT2D eigenvalue weighted by atomic mass is 10.1. The maximum Gasteiger partial charge on any atom is 0.415 e. The molecule has 1 atom stereocenters. The van der Waals surface area contributed by atoms with Crippen LogP contribution in [0.1, 0.15) is 30.0 Å². The highest BCUT2D eigenvalue weighted by molar-refractivity contribution is 6.34. The lowest BCUT2D eigenvalue weighted by molar-refractivity contribution is -0.149. The maximum atomic E-state index is 13.0. The van der Waals surface area contributed by atoms with E-state index in [9.17, 15) is 14.7 Å². The topological polar surface area (TPSA) is 94.5 Å². The highest BCUT2D eigenvalue weighted by atomic mass is 35.5. The number of nitrogens with zero attached hydrogens (tertiary/aromatic N) is 1. The fourth-order valence-corrected chi connectivity index (χ4v) is 4.57. The van der Waals surface area contributed by atoms with Gasteiger partial charge in [-0.15, -0.1) is 0 Å². The Kier molecular flexibility index (Phi) is 13.2. The van der Waals surface area contributed by atoms with Crippen molar-refractivity contribution in [3.05, 3.63) is 93.5 Å². The molecule has 8 nitrogen and oxygen atoms in total. The highest BCUT2D eigenvalue weighted by Gasteiger charge is 2.19. The van der Waals surface area contributed by atoms with Gasteiger partial charge in [-0.25, -0.2) is 9.59 Å². The fraction of sp³-hybridized carbons (Fsp3) is 0.355. The van der Waals surface area contributed by atoms with Crippen molar-refractivity contribution in [1.29, 1.82) is 0 Å². The molecular weight excluding hydrogens is 569 g/mol. The predicted octanol–water partition coefficient (Wildman–Crippen LogP) is 6.82. The van der Waals surface area contributed by atoms with Crippen molar-refractivity contribution in [1.82, 2.24) is 4.90 Å². The van der Waals surface area contributed by atoms with E-state index < -0.39 is 18.2 Å². The first-order chi connectivity index (χ1) is 19.7. The minimum atomic E-state index is -0.996. The number of carbonyl (C=O) groups excluding carboxylic acids is 1. The molecule has 0 bridgehead atoms. The van der Waals surface area contributed by atoms with Crippen LogP contribution in [0.25, 0.3) is 0 Å². The third-order valence-electron chi connectivity index (χ3n) is 6.07. The molecule has 0 aliphatic heterocycles. The molecule has 0 spiro atoms. The SMILES string of the molecule is CCOC(Cc1ccc(OCCN(CCCOCc2cc(Cl)cc(Cl)c2)C(=O)Oc2ccccc2C)cc1)C(=O)O. The fourth-order valence-electron chi connectivity index (χ4n) is 3.99. The summed E-state index contributed by atoms with van der Waals surface area (Å²) in [4.78, 5) is 26.0. The van der Waals surface area contributed by atoms with E-state index in [1.165, 1.54) is 0 Å². The van der Waals surface area contributed by atoms with Gasteiger partial charge in [0, 0.05) is 36.2 Å². The van der Waals surface area contributed by atoms with Gasteiger partial charge in [0.2, 0.25) is 0 Å². The minimum Gasteiger partial charge on any atom is -0.492 e. The normalized spacial score (nSPS) is 11.6. The summed E-state index contributed by atoms with van der Waals surface area (Å²) in [6, 6.07) is 19.7. The zero-order valence-electron chi connectivity index (χ0n) is 23.2. The number of carbonyl (C=O) groups is 2. The Labute approximate surface area is 250 Å². The van der Waals surface area contributed by atoms with Crippen molar-refractivity contribution < 1.29 is 33.6 Å². The van der Waals surface area contributed by atoms with Gasteiger partial charge >= 0.3 is 12.1 Å². The van der Waals surface area contributed by atoms with Crippen molar-refractivity contribution in [2.24, 2.45) is 0 Å². The zero-order chi connectivity index (χ0) is 29.6. The van der Waals surface area contributed by atoms with E-state index in [0.29, 0.717) is 60.9 Å². The molecule has 0 aliphatic rings. The number of aliphatic carboxylic acids is 1. The van der Waals surface area contributed by atoms with Gasteiger partial charge in [0.25, 0.3) is 0 Å². The van der Waals surface area contributed by atoms with Crippen molar-refractivity contribution in [3.8, 4) is 11.5 Å². The molecule has 3 aromatic rings. The molecular formula is C31H35Cl2NO7. The summed E-state index contributed by atoms with van der Waals surface area (Å²) in [5, 5.41) is 10.4. The number of ether oxygens (including phenoxy) is 4. The second kappa shape index (κ2) is 16.8. The van der Waals surface area contributed by atoms with E-state index in [2.05, 4.69) is 0 Å². The van der Waals surface area contributed by atoms with Crippen LogP contribution in [0, 0.1) is 6.92 Å². The molecule has 1 amide bonds. The number of benzene rings is 3. The summed E-state index contributed by atoms with van der Waals surface area (Å²) in [6.45, 7) is 5.66. The molecule has 0 radical (unpaired) electrons. The molecule has 0 saturated heterocycles. The van der Waals surface area contributed by atoms with Crippen LogP contribution in [0.2, 0.25) is 10.0 Å². The van der Waals surface area contributed by atoms with Crippen LogP contribution in [0.5, 0.6) is 11.5 Å².